The Morgan fingerprint density at radius 2 is 1.61 bits per heavy atom. The van der Waals surface area contributed by atoms with E-state index in [4.69, 9.17) is 0 Å². The Hall–Kier alpha value is -3.32. The number of hydrogen-bond donors (Lipinski definition) is 1. The first-order chi connectivity index (χ1) is 15.3. The molecule has 4 aromatic rings. The second kappa shape index (κ2) is 8.81. The number of piperazine rings is 1. The summed E-state index contributed by atoms with van der Waals surface area (Å²) >= 11 is 1.68. The summed E-state index contributed by atoms with van der Waals surface area (Å²) in [5, 5.41) is 2.16. The third-order valence-corrected chi connectivity index (χ3v) is 6.59. The molecule has 1 amide bonds. The molecule has 2 aromatic heterocycles. The van der Waals surface area contributed by atoms with E-state index in [-0.39, 0.29) is 5.91 Å². The van der Waals surface area contributed by atoms with Crippen molar-refractivity contribution in [3.63, 3.8) is 0 Å². The number of aromatic nitrogens is 3. The van der Waals surface area contributed by atoms with Crippen LogP contribution in [0.3, 0.4) is 0 Å². The van der Waals surface area contributed by atoms with E-state index < -0.39 is 0 Å². The predicted molar refractivity (Wildman–Crippen MR) is 123 cm³/mol. The van der Waals surface area contributed by atoms with Crippen LogP contribution in [0.15, 0.2) is 83.0 Å². The largest absolute Gasteiger partial charge is 0.349 e. The molecular weight excluding hydrogens is 406 g/mol. The van der Waals surface area contributed by atoms with Gasteiger partial charge in [-0.1, -0.05) is 48.2 Å². The van der Waals surface area contributed by atoms with E-state index in [0.29, 0.717) is 19.5 Å². The number of benzene rings is 2. The van der Waals surface area contributed by atoms with Gasteiger partial charge in [0.05, 0.1) is 11.4 Å². The Balaban J connectivity index is 1.33. The first-order valence-electron chi connectivity index (χ1n) is 10.4. The van der Waals surface area contributed by atoms with E-state index in [1.54, 1.807) is 24.2 Å². The Morgan fingerprint density at radius 3 is 2.39 bits per heavy atom. The fraction of sp³-hybridized carbons (Fsp3) is 0.208. The van der Waals surface area contributed by atoms with Gasteiger partial charge in [-0.2, -0.15) is 0 Å². The smallest absolute Gasteiger partial charge is 0.227 e. The Labute approximate surface area is 185 Å². The van der Waals surface area contributed by atoms with Crippen molar-refractivity contribution < 1.29 is 4.79 Å². The van der Waals surface area contributed by atoms with Crippen molar-refractivity contribution in [1.29, 1.82) is 0 Å². The minimum atomic E-state index is 0.160. The standard InChI is InChI=1S/C24H23N5OS/c30-22(28-13-15-29(16-14-28)24-25-11-6-12-26-24)17-20-19-9-4-5-10-21(19)27-23(20)31-18-7-2-1-3-8-18/h1-12,27H,13-17H2. The van der Waals surface area contributed by atoms with E-state index in [9.17, 15) is 4.79 Å². The lowest BCUT2D eigenvalue weighted by Crippen LogP contribution is -2.49. The van der Waals surface area contributed by atoms with Gasteiger partial charge in [0.25, 0.3) is 0 Å². The van der Waals surface area contributed by atoms with E-state index in [1.165, 1.54) is 0 Å². The SMILES string of the molecule is O=C(Cc1c(Sc2ccccc2)[nH]c2ccccc12)N1CCN(c2ncccn2)CC1. The molecule has 1 aliphatic rings. The highest BCUT2D eigenvalue weighted by atomic mass is 32.2. The summed E-state index contributed by atoms with van der Waals surface area (Å²) < 4.78 is 0. The minimum absolute atomic E-state index is 0.160. The second-order valence-corrected chi connectivity index (χ2v) is 8.57. The van der Waals surface area contributed by atoms with Crippen molar-refractivity contribution in [2.75, 3.05) is 31.1 Å². The number of amides is 1. The third kappa shape index (κ3) is 4.27. The van der Waals surface area contributed by atoms with Gasteiger partial charge >= 0.3 is 0 Å². The minimum Gasteiger partial charge on any atom is -0.349 e. The maximum atomic E-state index is 13.2. The van der Waals surface area contributed by atoms with Crippen LogP contribution in [-0.4, -0.2) is 51.9 Å². The molecule has 0 aliphatic carbocycles. The molecule has 0 bridgehead atoms. The Bertz CT molecular complexity index is 1170. The molecule has 0 saturated carbocycles. The van der Waals surface area contributed by atoms with Crippen molar-refractivity contribution in [3.8, 4) is 0 Å². The number of rotatable bonds is 5. The number of hydrogen-bond acceptors (Lipinski definition) is 5. The molecule has 3 heterocycles. The lowest BCUT2D eigenvalue weighted by Gasteiger charge is -2.34. The molecule has 1 saturated heterocycles. The van der Waals surface area contributed by atoms with Crippen LogP contribution in [-0.2, 0) is 11.2 Å². The van der Waals surface area contributed by atoms with Crippen LogP contribution in [0.25, 0.3) is 10.9 Å². The molecule has 1 fully saturated rings. The number of fused-ring (bicyclic) bond motifs is 1. The summed E-state index contributed by atoms with van der Waals surface area (Å²) in [6.45, 7) is 2.85. The molecule has 2 aromatic carbocycles. The molecular formula is C24H23N5OS. The summed E-state index contributed by atoms with van der Waals surface area (Å²) in [4.78, 5) is 30.6. The fourth-order valence-electron chi connectivity index (χ4n) is 3.92. The molecule has 0 unspecified atom stereocenters. The van der Waals surface area contributed by atoms with Crippen LogP contribution in [0, 0.1) is 0 Å². The van der Waals surface area contributed by atoms with Crippen molar-refractivity contribution in [1.82, 2.24) is 19.9 Å². The molecule has 5 rings (SSSR count). The molecule has 7 heteroatoms. The highest BCUT2D eigenvalue weighted by Crippen LogP contribution is 2.35. The van der Waals surface area contributed by atoms with Gasteiger partial charge in [-0.05, 0) is 24.3 Å². The summed E-state index contributed by atoms with van der Waals surface area (Å²) in [6.07, 6.45) is 3.90. The van der Waals surface area contributed by atoms with Gasteiger partial charge in [-0.3, -0.25) is 4.79 Å². The first-order valence-corrected chi connectivity index (χ1v) is 11.2. The number of para-hydroxylation sites is 1. The number of carbonyl (C=O) groups excluding carboxylic acids is 1. The van der Waals surface area contributed by atoms with Crippen molar-refractivity contribution in [2.45, 2.75) is 16.3 Å². The molecule has 6 nitrogen and oxygen atoms in total. The first kappa shape index (κ1) is 19.6. The van der Waals surface area contributed by atoms with Gasteiger partial charge in [0.1, 0.15) is 0 Å². The number of nitrogens with zero attached hydrogens (tertiary/aromatic N) is 4. The maximum Gasteiger partial charge on any atom is 0.227 e. The third-order valence-electron chi connectivity index (χ3n) is 5.53. The average molecular weight is 430 g/mol. The molecule has 0 radical (unpaired) electrons. The van der Waals surface area contributed by atoms with E-state index in [0.717, 1.165) is 45.4 Å². The second-order valence-electron chi connectivity index (χ2n) is 7.49. The van der Waals surface area contributed by atoms with Crippen LogP contribution in [0.5, 0.6) is 0 Å². The van der Waals surface area contributed by atoms with E-state index in [1.807, 2.05) is 41.3 Å². The van der Waals surface area contributed by atoms with Crippen LogP contribution in [0.4, 0.5) is 5.95 Å². The lowest BCUT2D eigenvalue weighted by atomic mass is 10.1. The van der Waals surface area contributed by atoms with Crippen LogP contribution in [0.1, 0.15) is 5.56 Å². The van der Waals surface area contributed by atoms with Crippen LogP contribution in [0.2, 0.25) is 0 Å². The monoisotopic (exact) mass is 429 g/mol. The number of H-pyrrole nitrogens is 1. The van der Waals surface area contributed by atoms with Gasteiger partial charge in [-0.15, -0.1) is 0 Å². The summed E-state index contributed by atoms with van der Waals surface area (Å²) in [5.74, 6) is 0.890. The zero-order valence-electron chi connectivity index (χ0n) is 17.1. The Kier molecular flexibility index (Phi) is 5.58. The highest BCUT2D eigenvalue weighted by Gasteiger charge is 2.24. The van der Waals surface area contributed by atoms with E-state index >= 15 is 0 Å². The van der Waals surface area contributed by atoms with Gasteiger partial charge in [0, 0.05) is 59.9 Å². The van der Waals surface area contributed by atoms with Crippen molar-refractivity contribution >= 4 is 34.5 Å². The molecule has 1 aliphatic heterocycles. The van der Waals surface area contributed by atoms with Gasteiger partial charge in [0.2, 0.25) is 11.9 Å². The normalized spacial score (nSPS) is 14.2. The highest BCUT2D eigenvalue weighted by molar-refractivity contribution is 7.99. The lowest BCUT2D eigenvalue weighted by molar-refractivity contribution is -0.130. The number of anilines is 1. The van der Waals surface area contributed by atoms with Crippen LogP contribution < -0.4 is 4.90 Å². The molecule has 0 atom stereocenters. The van der Waals surface area contributed by atoms with Crippen molar-refractivity contribution in [2.24, 2.45) is 0 Å². The summed E-state index contributed by atoms with van der Waals surface area (Å²) in [7, 11) is 0. The quantitative estimate of drug-likeness (QED) is 0.519. The Morgan fingerprint density at radius 1 is 0.903 bits per heavy atom. The molecule has 156 valence electrons. The van der Waals surface area contributed by atoms with Gasteiger partial charge in [0.15, 0.2) is 0 Å². The predicted octanol–water partition coefficient (Wildman–Crippen LogP) is 4.00. The zero-order valence-corrected chi connectivity index (χ0v) is 17.9. The molecule has 31 heavy (non-hydrogen) atoms. The number of aromatic amines is 1. The van der Waals surface area contributed by atoms with Gasteiger partial charge in [-0.25, -0.2) is 9.97 Å². The maximum absolute atomic E-state index is 13.2. The summed E-state index contributed by atoms with van der Waals surface area (Å²) in [5.41, 5.74) is 2.14. The fourth-order valence-corrected chi connectivity index (χ4v) is 4.91. The van der Waals surface area contributed by atoms with Crippen molar-refractivity contribution in [3.05, 3.63) is 78.6 Å². The zero-order chi connectivity index (χ0) is 21.0. The topological polar surface area (TPSA) is 65.1 Å². The molecule has 0 spiro atoms. The molecule has 1 N–H and O–H groups in total. The van der Waals surface area contributed by atoms with Gasteiger partial charge < -0.3 is 14.8 Å². The van der Waals surface area contributed by atoms with Crippen LogP contribution >= 0.6 is 11.8 Å². The van der Waals surface area contributed by atoms with E-state index in [2.05, 4.69) is 44.1 Å². The number of nitrogens with one attached hydrogen (secondary N) is 1. The summed E-state index contributed by atoms with van der Waals surface area (Å²) in [6, 6.07) is 20.3. The number of carbonyl (C=O) groups is 1. The average Bonchev–Trinajstić information content (AvgIpc) is 3.17.